The molecule has 6 heteroatoms. The normalized spacial score (nSPS) is 10.7. The zero-order valence-electron chi connectivity index (χ0n) is 9.87. The van der Waals surface area contributed by atoms with Gasteiger partial charge in [-0.05, 0) is 31.3 Å². The summed E-state index contributed by atoms with van der Waals surface area (Å²) in [6.07, 6.45) is 3.54. The standard InChI is InChI=1S/C12H13N5S/c1-9-10(7-14-15-12(13)18)8-17(16-9)11-5-3-2-4-6-11/h2-8H,1H3,(H3,13,15,18)/b14-7-. The molecule has 92 valence electrons. The van der Waals surface area contributed by atoms with E-state index in [1.54, 1.807) is 10.9 Å². The third kappa shape index (κ3) is 2.92. The minimum absolute atomic E-state index is 0.138. The lowest BCUT2D eigenvalue weighted by molar-refractivity contribution is 0.863. The Morgan fingerprint density at radius 3 is 2.83 bits per heavy atom. The molecule has 1 aromatic heterocycles. The van der Waals surface area contributed by atoms with E-state index in [0.717, 1.165) is 16.9 Å². The Bertz CT molecular complexity index is 573. The summed E-state index contributed by atoms with van der Waals surface area (Å²) in [5.41, 5.74) is 10.6. The molecule has 0 fully saturated rings. The van der Waals surface area contributed by atoms with Crippen molar-refractivity contribution in [2.45, 2.75) is 6.92 Å². The van der Waals surface area contributed by atoms with Crippen molar-refractivity contribution in [3.8, 4) is 5.69 Å². The first kappa shape index (κ1) is 12.3. The van der Waals surface area contributed by atoms with Crippen LogP contribution in [0, 0.1) is 6.92 Å². The predicted octanol–water partition coefficient (Wildman–Crippen LogP) is 1.35. The molecule has 0 atom stereocenters. The van der Waals surface area contributed by atoms with Gasteiger partial charge >= 0.3 is 0 Å². The monoisotopic (exact) mass is 259 g/mol. The molecular formula is C12H13N5S. The molecule has 18 heavy (non-hydrogen) atoms. The lowest BCUT2D eigenvalue weighted by Crippen LogP contribution is -2.24. The molecule has 0 aliphatic heterocycles. The predicted molar refractivity (Wildman–Crippen MR) is 75.8 cm³/mol. The number of nitrogens with zero attached hydrogens (tertiary/aromatic N) is 3. The highest BCUT2D eigenvalue weighted by atomic mass is 32.1. The maximum atomic E-state index is 5.28. The Balaban J connectivity index is 2.22. The summed E-state index contributed by atoms with van der Waals surface area (Å²) in [5.74, 6) is 0. The first-order valence-electron chi connectivity index (χ1n) is 5.37. The topological polar surface area (TPSA) is 68.2 Å². The zero-order chi connectivity index (χ0) is 13.0. The Labute approximate surface area is 110 Å². The van der Waals surface area contributed by atoms with E-state index in [1.165, 1.54) is 0 Å². The Morgan fingerprint density at radius 2 is 2.17 bits per heavy atom. The number of rotatable bonds is 3. The SMILES string of the molecule is Cc1nn(-c2ccccc2)cc1/C=N\NC(N)=S. The smallest absolute Gasteiger partial charge is 0.184 e. The van der Waals surface area contributed by atoms with Crippen molar-refractivity contribution in [3.63, 3.8) is 0 Å². The van der Waals surface area contributed by atoms with Crippen LogP contribution in [0.15, 0.2) is 41.6 Å². The van der Waals surface area contributed by atoms with E-state index in [9.17, 15) is 0 Å². The molecule has 0 bridgehead atoms. The number of hydrogen-bond acceptors (Lipinski definition) is 3. The van der Waals surface area contributed by atoms with Crippen LogP contribution >= 0.6 is 12.2 Å². The molecule has 0 aliphatic carbocycles. The minimum atomic E-state index is 0.138. The third-order valence-corrected chi connectivity index (χ3v) is 2.43. The molecule has 1 heterocycles. The molecule has 1 aromatic carbocycles. The molecule has 0 spiro atoms. The number of nitrogens with two attached hydrogens (primary N) is 1. The summed E-state index contributed by atoms with van der Waals surface area (Å²) in [4.78, 5) is 0. The number of benzene rings is 1. The van der Waals surface area contributed by atoms with Crippen LogP contribution in [-0.2, 0) is 0 Å². The fourth-order valence-electron chi connectivity index (χ4n) is 1.48. The van der Waals surface area contributed by atoms with Gasteiger partial charge in [-0.1, -0.05) is 18.2 Å². The lowest BCUT2D eigenvalue weighted by atomic mass is 10.3. The number of aryl methyl sites for hydroxylation is 1. The molecule has 0 saturated carbocycles. The average Bonchev–Trinajstić information content (AvgIpc) is 2.72. The molecule has 3 N–H and O–H groups in total. The molecule has 2 rings (SSSR count). The quantitative estimate of drug-likeness (QED) is 0.496. The second-order valence-electron chi connectivity index (χ2n) is 3.68. The summed E-state index contributed by atoms with van der Waals surface area (Å²) < 4.78 is 1.80. The van der Waals surface area contributed by atoms with Crippen molar-refractivity contribution in [2.24, 2.45) is 10.8 Å². The van der Waals surface area contributed by atoms with Gasteiger partial charge in [0.25, 0.3) is 0 Å². The van der Waals surface area contributed by atoms with Crippen LogP contribution in [0.1, 0.15) is 11.3 Å². The lowest BCUT2D eigenvalue weighted by Gasteiger charge is -1.98. The molecule has 0 unspecified atom stereocenters. The summed E-state index contributed by atoms with van der Waals surface area (Å²) in [6, 6.07) is 9.87. The van der Waals surface area contributed by atoms with Crippen molar-refractivity contribution in [3.05, 3.63) is 47.8 Å². The third-order valence-electron chi connectivity index (χ3n) is 2.34. The van der Waals surface area contributed by atoms with E-state index in [2.05, 4.69) is 27.8 Å². The Morgan fingerprint density at radius 1 is 1.44 bits per heavy atom. The van der Waals surface area contributed by atoms with Gasteiger partial charge in [-0.15, -0.1) is 0 Å². The van der Waals surface area contributed by atoms with Crippen LogP contribution in [0.3, 0.4) is 0 Å². The number of thiocarbonyl (C=S) groups is 1. The van der Waals surface area contributed by atoms with Crippen LogP contribution in [0.4, 0.5) is 0 Å². The van der Waals surface area contributed by atoms with Gasteiger partial charge in [0.05, 0.1) is 17.6 Å². The number of aromatic nitrogens is 2. The molecule has 0 saturated heterocycles. The summed E-state index contributed by atoms with van der Waals surface area (Å²) in [6.45, 7) is 1.92. The van der Waals surface area contributed by atoms with Crippen LogP contribution < -0.4 is 11.2 Å². The fourth-order valence-corrected chi connectivity index (χ4v) is 1.53. The first-order valence-corrected chi connectivity index (χ1v) is 5.78. The second kappa shape index (κ2) is 5.42. The molecule has 5 nitrogen and oxygen atoms in total. The summed E-state index contributed by atoms with van der Waals surface area (Å²) in [7, 11) is 0. The van der Waals surface area contributed by atoms with E-state index < -0.39 is 0 Å². The van der Waals surface area contributed by atoms with Gasteiger partial charge in [0.2, 0.25) is 0 Å². The molecule has 2 aromatic rings. The van der Waals surface area contributed by atoms with Crippen molar-refractivity contribution >= 4 is 23.5 Å². The summed E-state index contributed by atoms with van der Waals surface area (Å²) in [5, 5.41) is 8.46. The first-order chi connectivity index (χ1) is 8.66. The van der Waals surface area contributed by atoms with Crippen LogP contribution in [-0.4, -0.2) is 21.1 Å². The van der Waals surface area contributed by atoms with E-state index in [1.807, 2.05) is 43.5 Å². The van der Waals surface area contributed by atoms with E-state index in [-0.39, 0.29) is 5.11 Å². The highest BCUT2D eigenvalue weighted by Crippen LogP contribution is 2.09. The van der Waals surface area contributed by atoms with Gasteiger partial charge in [-0.3, -0.25) is 5.43 Å². The van der Waals surface area contributed by atoms with Crippen molar-refractivity contribution in [2.75, 3.05) is 0 Å². The number of nitrogens with one attached hydrogen (secondary N) is 1. The average molecular weight is 259 g/mol. The molecule has 0 radical (unpaired) electrons. The largest absolute Gasteiger partial charge is 0.375 e. The Hall–Kier alpha value is -2.21. The van der Waals surface area contributed by atoms with Crippen molar-refractivity contribution in [1.82, 2.24) is 15.2 Å². The van der Waals surface area contributed by atoms with Gasteiger partial charge < -0.3 is 5.73 Å². The van der Waals surface area contributed by atoms with Crippen molar-refractivity contribution in [1.29, 1.82) is 0 Å². The van der Waals surface area contributed by atoms with E-state index >= 15 is 0 Å². The van der Waals surface area contributed by atoms with E-state index in [4.69, 9.17) is 5.73 Å². The number of para-hydroxylation sites is 1. The number of hydrazone groups is 1. The van der Waals surface area contributed by atoms with Gasteiger partial charge in [-0.25, -0.2) is 4.68 Å². The van der Waals surface area contributed by atoms with Gasteiger partial charge in [-0.2, -0.15) is 10.2 Å². The van der Waals surface area contributed by atoms with Crippen molar-refractivity contribution < 1.29 is 0 Å². The molecule has 0 amide bonds. The highest BCUT2D eigenvalue weighted by Gasteiger charge is 2.03. The van der Waals surface area contributed by atoms with Crippen LogP contribution in [0.5, 0.6) is 0 Å². The Kier molecular flexibility index (Phi) is 3.69. The maximum Gasteiger partial charge on any atom is 0.184 e. The highest BCUT2D eigenvalue weighted by molar-refractivity contribution is 7.80. The fraction of sp³-hybridized carbons (Fsp3) is 0.0833. The molecular weight excluding hydrogens is 246 g/mol. The molecule has 0 aliphatic rings. The summed E-state index contributed by atoms with van der Waals surface area (Å²) >= 11 is 4.66. The number of hydrogen-bond donors (Lipinski definition) is 2. The van der Waals surface area contributed by atoms with Gasteiger partial charge in [0.1, 0.15) is 0 Å². The zero-order valence-corrected chi connectivity index (χ0v) is 10.7. The maximum absolute atomic E-state index is 5.28. The van der Waals surface area contributed by atoms with Gasteiger partial charge in [0.15, 0.2) is 5.11 Å². The van der Waals surface area contributed by atoms with E-state index in [0.29, 0.717) is 0 Å². The van der Waals surface area contributed by atoms with Crippen LogP contribution in [0.2, 0.25) is 0 Å². The van der Waals surface area contributed by atoms with Gasteiger partial charge in [0, 0.05) is 11.8 Å². The second-order valence-corrected chi connectivity index (χ2v) is 4.12. The minimum Gasteiger partial charge on any atom is -0.375 e. The van der Waals surface area contributed by atoms with Crippen LogP contribution in [0.25, 0.3) is 5.69 Å².